The molecule has 2 amide bonds. The van der Waals surface area contributed by atoms with Gasteiger partial charge in [0.15, 0.2) is 0 Å². The fraction of sp³-hybridized carbons (Fsp3) is 0.379. The number of hydrogen-bond acceptors (Lipinski definition) is 5. The summed E-state index contributed by atoms with van der Waals surface area (Å²) in [6, 6.07) is 18.9. The van der Waals surface area contributed by atoms with Gasteiger partial charge >= 0.3 is 0 Å². The second kappa shape index (κ2) is 13.4. The molecule has 0 saturated heterocycles. The van der Waals surface area contributed by atoms with Gasteiger partial charge in [0.25, 0.3) is 0 Å². The summed E-state index contributed by atoms with van der Waals surface area (Å²) < 4.78 is 33.1. The number of rotatable bonds is 13. The molecule has 0 aliphatic carbocycles. The first-order valence-electron chi connectivity index (χ1n) is 12.9. The molecule has 0 heterocycles. The van der Waals surface area contributed by atoms with Gasteiger partial charge in [0, 0.05) is 20.1 Å². The number of unbranched alkanes of at least 4 members (excludes halogenated alkanes) is 1. The van der Waals surface area contributed by atoms with E-state index in [0.717, 1.165) is 33.5 Å². The maximum Gasteiger partial charge on any atom is 0.243 e. The van der Waals surface area contributed by atoms with E-state index in [4.69, 9.17) is 4.74 Å². The zero-order valence-corrected chi connectivity index (χ0v) is 23.3. The molecule has 0 bridgehead atoms. The zero-order valence-electron chi connectivity index (χ0n) is 22.5. The van der Waals surface area contributed by atoms with Crippen molar-refractivity contribution in [3.8, 4) is 5.75 Å². The molecule has 0 saturated carbocycles. The average molecular weight is 540 g/mol. The first kappa shape index (κ1) is 29.1. The van der Waals surface area contributed by atoms with E-state index in [1.165, 1.54) is 11.9 Å². The van der Waals surface area contributed by atoms with Crippen LogP contribution < -0.4 is 10.1 Å². The normalized spacial score (nSPS) is 12.3. The minimum absolute atomic E-state index is 0.107. The Morgan fingerprint density at radius 2 is 1.71 bits per heavy atom. The number of carbonyl (C=O) groups excluding carboxylic acids is 2. The molecular formula is C29H37N3O5S. The number of benzene rings is 3. The summed E-state index contributed by atoms with van der Waals surface area (Å²) in [4.78, 5) is 28.3. The Morgan fingerprint density at radius 3 is 2.39 bits per heavy atom. The van der Waals surface area contributed by atoms with Gasteiger partial charge in [-0.2, -0.15) is 4.31 Å². The number of likely N-dealkylation sites (N-methyl/N-ethyl adjacent to an activating group) is 1. The van der Waals surface area contributed by atoms with Crippen LogP contribution in [0.25, 0.3) is 10.8 Å². The Bertz CT molecular complexity index is 1360. The second-order valence-corrected chi connectivity index (χ2v) is 11.3. The smallest absolute Gasteiger partial charge is 0.243 e. The van der Waals surface area contributed by atoms with Crippen LogP contribution in [0.1, 0.15) is 38.7 Å². The minimum Gasteiger partial charge on any atom is -0.497 e. The van der Waals surface area contributed by atoms with E-state index in [1.54, 1.807) is 37.4 Å². The minimum atomic E-state index is -3.95. The summed E-state index contributed by atoms with van der Waals surface area (Å²) in [6.07, 6.45) is 2.15. The predicted molar refractivity (Wildman–Crippen MR) is 149 cm³/mol. The maximum absolute atomic E-state index is 13.6. The summed E-state index contributed by atoms with van der Waals surface area (Å²) in [6.45, 7) is 4.13. The van der Waals surface area contributed by atoms with Gasteiger partial charge in [0.05, 0.1) is 18.6 Å². The summed E-state index contributed by atoms with van der Waals surface area (Å²) >= 11 is 0. The van der Waals surface area contributed by atoms with Crippen LogP contribution in [0.2, 0.25) is 0 Å². The van der Waals surface area contributed by atoms with Crippen molar-refractivity contribution in [1.82, 2.24) is 14.5 Å². The second-order valence-electron chi connectivity index (χ2n) is 9.21. The Hall–Kier alpha value is -3.43. The highest BCUT2D eigenvalue weighted by Gasteiger charge is 2.31. The van der Waals surface area contributed by atoms with Crippen LogP contribution in [0.15, 0.2) is 71.6 Å². The van der Waals surface area contributed by atoms with Crippen LogP contribution in [0, 0.1) is 0 Å². The number of carbonyl (C=O) groups is 2. The van der Waals surface area contributed by atoms with Gasteiger partial charge < -0.3 is 15.0 Å². The van der Waals surface area contributed by atoms with Gasteiger partial charge in [0.2, 0.25) is 21.8 Å². The predicted octanol–water partition coefficient (Wildman–Crippen LogP) is 4.19. The standard InChI is InChI=1S/C29H37N3O5S/c1-5-7-17-30-29(34)27(6-2)32(20-22-11-10-14-25(18-22)37-4)28(33)21-31(3)38(35,36)26-16-15-23-12-8-9-13-24(23)19-26/h8-16,18-19,27H,5-7,17,20-21H2,1-4H3,(H,30,34)/t27-/m1/s1. The Kier molecular flexibility index (Phi) is 10.3. The molecule has 9 heteroatoms. The van der Waals surface area contributed by atoms with Crippen LogP contribution in [0.5, 0.6) is 5.75 Å². The molecule has 1 N–H and O–H groups in total. The third-order valence-electron chi connectivity index (χ3n) is 6.49. The highest BCUT2D eigenvalue weighted by Crippen LogP contribution is 2.22. The van der Waals surface area contributed by atoms with E-state index in [9.17, 15) is 18.0 Å². The number of hydrogen-bond donors (Lipinski definition) is 1. The van der Waals surface area contributed by atoms with E-state index in [2.05, 4.69) is 5.32 Å². The third kappa shape index (κ3) is 7.11. The van der Waals surface area contributed by atoms with Crippen molar-refractivity contribution in [2.75, 3.05) is 27.2 Å². The largest absolute Gasteiger partial charge is 0.497 e. The van der Waals surface area contributed by atoms with E-state index in [1.807, 2.05) is 50.2 Å². The van der Waals surface area contributed by atoms with Crippen molar-refractivity contribution in [2.45, 2.75) is 50.6 Å². The number of ether oxygens (including phenoxy) is 1. The van der Waals surface area contributed by atoms with Crippen molar-refractivity contribution < 1.29 is 22.7 Å². The summed E-state index contributed by atoms with van der Waals surface area (Å²) in [5, 5.41) is 4.64. The highest BCUT2D eigenvalue weighted by atomic mass is 32.2. The Morgan fingerprint density at radius 1 is 0.974 bits per heavy atom. The summed E-state index contributed by atoms with van der Waals surface area (Å²) in [7, 11) is -1.00. The van der Waals surface area contributed by atoms with Crippen molar-refractivity contribution in [3.63, 3.8) is 0 Å². The van der Waals surface area contributed by atoms with Crippen LogP contribution in [0.4, 0.5) is 0 Å². The molecule has 0 aliphatic heterocycles. The van der Waals surface area contributed by atoms with Gasteiger partial charge in [-0.15, -0.1) is 0 Å². The molecule has 0 radical (unpaired) electrons. The first-order valence-corrected chi connectivity index (χ1v) is 14.3. The topological polar surface area (TPSA) is 96.0 Å². The molecule has 204 valence electrons. The van der Waals surface area contributed by atoms with E-state index in [0.29, 0.717) is 18.7 Å². The van der Waals surface area contributed by atoms with Gasteiger partial charge in [0.1, 0.15) is 11.8 Å². The van der Waals surface area contributed by atoms with Crippen LogP contribution in [-0.4, -0.2) is 62.7 Å². The lowest BCUT2D eigenvalue weighted by molar-refractivity contribution is -0.141. The van der Waals surface area contributed by atoms with Gasteiger partial charge in [-0.3, -0.25) is 9.59 Å². The lowest BCUT2D eigenvalue weighted by Gasteiger charge is -2.32. The lowest BCUT2D eigenvalue weighted by Crippen LogP contribution is -2.51. The molecule has 3 aromatic rings. The Labute approximate surface area is 225 Å². The number of sulfonamides is 1. The van der Waals surface area contributed by atoms with E-state index in [-0.39, 0.29) is 17.3 Å². The number of nitrogens with one attached hydrogen (secondary N) is 1. The summed E-state index contributed by atoms with van der Waals surface area (Å²) in [5.41, 5.74) is 0.776. The van der Waals surface area contributed by atoms with Crippen molar-refractivity contribution in [2.24, 2.45) is 0 Å². The zero-order chi connectivity index (χ0) is 27.7. The van der Waals surface area contributed by atoms with E-state index < -0.39 is 28.5 Å². The number of amides is 2. The Balaban J connectivity index is 1.87. The van der Waals surface area contributed by atoms with Gasteiger partial charge in [-0.05, 0) is 53.4 Å². The molecule has 0 spiro atoms. The fourth-order valence-electron chi connectivity index (χ4n) is 4.27. The molecule has 8 nitrogen and oxygen atoms in total. The first-order chi connectivity index (χ1) is 18.2. The molecule has 0 unspecified atom stereocenters. The highest BCUT2D eigenvalue weighted by molar-refractivity contribution is 7.89. The van der Waals surface area contributed by atoms with Crippen molar-refractivity contribution >= 4 is 32.6 Å². The molecular weight excluding hydrogens is 502 g/mol. The third-order valence-corrected chi connectivity index (χ3v) is 8.29. The fourth-order valence-corrected chi connectivity index (χ4v) is 5.42. The SMILES string of the molecule is CCCCNC(=O)[C@@H](CC)N(Cc1cccc(OC)c1)C(=O)CN(C)S(=O)(=O)c1ccc2ccccc2c1. The van der Waals surface area contributed by atoms with Crippen molar-refractivity contribution in [3.05, 3.63) is 72.3 Å². The molecule has 3 aromatic carbocycles. The molecule has 0 fully saturated rings. The van der Waals surface area contributed by atoms with Crippen molar-refractivity contribution in [1.29, 1.82) is 0 Å². The molecule has 1 atom stereocenters. The number of fused-ring (bicyclic) bond motifs is 1. The number of nitrogens with zero attached hydrogens (tertiary/aromatic N) is 2. The lowest BCUT2D eigenvalue weighted by atomic mass is 10.1. The maximum atomic E-state index is 13.6. The monoisotopic (exact) mass is 539 g/mol. The molecule has 0 aliphatic rings. The summed E-state index contributed by atoms with van der Waals surface area (Å²) in [5.74, 6) is -0.0826. The van der Waals surface area contributed by atoms with Gasteiger partial charge in [-0.1, -0.05) is 62.7 Å². The molecule has 38 heavy (non-hydrogen) atoms. The molecule has 0 aromatic heterocycles. The van der Waals surface area contributed by atoms with Crippen LogP contribution in [-0.2, 0) is 26.2 Å². The van der Waals surface area contributed by atoms with Crippen LogP contribution in [0.3, 0.4) is 0 Å². The number of methoxy groups -OCH3 is 1. The van der Waals surface area contributed by atoms with Gasteiger partial charge in [-0.25, -0.2) is 8.42 Å². The van der Waals surface area contributed by atoms with Crippen LogP contribution >= 0.6 is 0 Å². The molecule has 3 rings (SSSR count). The average Bonchev–Trinajstić information content (AvgIpc) is 2.92. The van der Waals surface area contributed by atoms with E-state index >= 15 is 0 Å². The quantitative estimate of drug-likeness (QED) is 0.329.